The fraction of sp³-hybridized carbons (Fsp3) is 0.533. The molecule has 1 aromatic rings. The lowest BCUT2D eigenvalue weighted by Crippen LogP contribution is -2.30. The molecule has 2 amide bonds. The molecule has 2 fully saturated rings. The molecule has 19 heavy (non-hydrogen) atoms. The molecule has 0 aromatic heterocycles. The molecular formula is C15H20N2OS. The highest BCUT2D eigenvalue weighted by Crippen LogP contribution is 2.38. The number of para-hydroxylation sites is 1. The standard InChI is InChI=1S/C15H20N2OS/c18-15(16-11-9-10-11)17-13-7-3-4-8-14(13)19-12-5-1-2-6-12/h3-4,7-8,11-12H,1-2,5-6,9-10H2,(H2,16,17,18). The van der Waals surface area contributed by atoms with Crippen molar-refractivity contribution in [2.24, 2.45) is 0 Å². The van der Waals surface area contributed by atoms with Crippen molar-refractivity contribution in [3.63, 3.8) is 0 Å². The van der Waals surface area contributed by atoms with Gasteiger partial charge in [0.25, 0.3) is 0 Å². The van der Waals surface area contributed by atoms with E-state index in [0.29, 0.717) is 6.04 Å². The molecule has 2 aliphatic rings. The van der Waals surface area contributed by atoms with Gasteiger partial charge < -0.3 is 10.6 Å². The number of thioether (sulfide) groups is 1. The number of carbonyl (C=O) groups excluding carboxylic acids is 1. The van der Waals surface area contributed by atoms with E-state index in [1.54, 1.807) is 0 Å². The van der Waals surface area contributed by atoms with Crippen LogP contribution < -0.4 is 10.6 Å². The van der Waals surface area contributed by atoms with Crippen molar-refractivity contribution in [1.29, 1.82) is 0 Å². The maximum absolute atomic E-state index is 11.8. The minimum Gasteiger partial charge on any atom is -0.335 e. The summed E-state index contributed by atoms with van der Waals surface area (Å²) >= 11 is 1.91. The SMILES string of the molecule is O=C(Nc1ccccc1SC1CCCC1)NC1CC1. The number of amides is 2. The summed E-state index contributed by atoms with van der Waals surface area (Å²) < 4.78 is 0. The molecule has 3 rings (SSSR count). The fourth-order valence-electron chi connectivity index (χ4n) is 2.43. The second-order valence-electron chi connectivity index (χ2n) is 5.39. The molecule has 0 aliphatic heterocycles. The Morgan fingerprint density at radius 2 is 1.84 bits per heavy atom. The van der Waals surface area contributed by atoms with E-state index in [0.717, 1.165) is 23.8 Å². The van der Waals surface area contributed by atoms with Crippen LogP contribution in [0.3, 0.4) is 0 Å². The molecule has 3 nitrogen and oxygen atoms in total. The Kier molecular flexibility index (Phi) is 3.97. The van der Waals surface area contributed by atoms with E-state index >= 15 is 0 Å². The van der Waals surface area contributed by atoms with Gasteiger partial charge in [-0.05, 0) is 37.8 Å². The average Bonchev–Trinajstić information content (AvgIpc) is 3.05. The molecule has 0 heterocycles. The van der Waals surface area contributed by atoms with Crippen molar-refractivity contribution < 1.29 is 4.79 Å². The number of hydrogen-bond acceptors (Lipinski definition) is 2. The Morgan fingerprint density at radius 1 is 1.11 bits per heavy atom. The second kappa shape index (κ2) is 5.87. The Morgan fingerprint density at radius 3 is 2.58 bits per heavy atom. The van der Waals surface area contributed by atoms with E-state index < -0.39 is 0 Å². The molecule has 2 saturated carbocycles. The Hall–Kier alpha value is -1.16. The molecule has 2 N–H and O–H groups in total. The zero-order chi connectivity index (χ0) is 13.1. The number of benzene rings is 1. The predicted molar refractivity (Wildman–Crippen MR) is 79.7 cm³/mol. The van der Waals surface area contributed by atoms with Crippen LogP contribution >= 0.6 is 11.8 Å². The van der Waals surface area contributed by atoms with Gasteiger partial charge in [-0.2, -0.15) is 0 Å². The van der Waals surface area contributed by atoms with Crippen LogP contribution in [-0.4, -0.2) is 17.3 Å². The summed E-state index contributed by atoms with van der Waals surface area (Å²) in [4.78, 5) is 13.0. The largest absolute Gasteiger partial charge is 0.335 e. The first-order valence-corrected chi connectivity index (χ1v) is 8.02. The van der Waals surface area contributed by atoms with Crippen molar-refractivity contribution in [3.8, 4) is 0 Å². The molecule has 1 aromatic carbocycles. The van der Waals surface area contributed by atoms with Crippen LogP contribution in [0, 0.1) is 0 Å². The van der Waals surface area contributed by atoms with Crippen LogP contribution in [0.5, 0.6) is 0 Å². The first-order valence-electron chi connectivity index (χ1n) is 7.14. The summed E-state index contributed by atoms with van der Waals surface area (Å²) in [5.41, 5.74) is 0.942. The lowest BCUT2D eigenvalue weighted by molar-refractivity contribution is 0.251. The minimum atomic E-state index is -0.0676. The molecule has 0 saturated heterocycles. The normalized spacial score (nSPS) is 19.4. The molecular weight excluding hydrogens is 256 g/mol. The van der Waals surface area contributed by atoms with Gasteiger partial charge >= 0.3 is 6.03 Å². The van der Waals surface area contributed by atoms with Gasteiger partial charge in [-0.15, -0.1) is 11.8 Å². The highest BCUT2D eigenvalue weighted by molar-refractivity contribution is 8.00. The summed E-state index contributed by atoms with van der Waals surface area (Å²) in [5, 5.41) is 6.67. The summed E-state index contributed by atoms with van der Waals surface area (Å²) in [6.07, 6.45) is 7.52. The van der Waals surface area contributed by atoms with Crippen LogP contribution in [0.1, 0.15) is 38.5 Å². The van der Waals surface area contributed by atoms with Gasteiger partial charge in [0.05, 0.1) is 5.69 Å². The highest BCUT2D eigenvalue weighted by Gasteiger charge is 2.24. The fourth-order valence-corrected chi connectivity index (χ4v) is 3.76. The third kappa shape index (κ3) is 3.66. The highest BCUT2D eigenvalue weighted by atomic mass is 32.2. The van der Waals surface area contributed by atoms with Crippen molar-refractivity contribution >= 4 is 23.5 Å². The van der Waals surface area contributed by atoms with E-state index in [4.69, 9.17) is 0 Å². The molecule has 0 spiro atoms. The number of anilines is 1. The van der Waals surface area contributed by atoms with Crippen molar-refractivity contribution in [2.45, 2.75) is 54.7 Å². The molecule has 4 heteroatoms. The Bertz CT molecular complexity index is 453. The van der Waals surface area contributed by atoms with Crippen LogP contribution in [0.15, 0.2) is 29.2 Å². The number of carbonyl (C=O) groups is 1. The second-order valence-corrected chi connectivity index (χ2v) is 6.74. The zero-order valence-electron chi connectivity index (χ0n) is 11.0. The van der Waals surface area contributed by atoms with E-state index in [2.05, 4.69) is 16.7 Å². The van der Waals surface area contributed by atoms with Gasteiger partial charge in [0.2, 0.25) is 0 Å². The summed E-state index contributed by atoms with van der Waals surface area (Å²) in [6, 6.07) is 8.45. The smallest absolute Gasteiger partial charge is 0.319 e. The van der Waals surface area contributed by atoms with Gasteiger partial charge in [0, 0.05) is 16.2 Å². The Labute approximate surface area is 118 Å². The third-order valence-corrected chi connectivity index (χ3v) is 5.06. The van der Waals surface area contributed by atoms with E-state index in [1.807, 2.05) is 30.0 Å². The maximum Gasteiger partial charge on any atom is 0.319 e. The molecule has 102 valence electrons. The number of rotatable bonds is 4. The average molecular weight is 276 g/mol. The van der Waals surface area contributed by atoms with Crippen LogP contribution in [0.4, 0.5) is 10.5 Å². The van der Waals surface area contributed by atoms with E-state index in [9.17, 15) is 4.79 Å². The summed E-state index contributed by atoms with van der Waals surface area (Å²) in [5.74, 6) is 0. The lowest BCUT2D eigenvalue weighted by Gasteiger charge is -2.14. The molecule has 0 atom stereocenters. The lowest BCUT2D eigenvalue weighted by atomic mass is 10.3. The van der Waals surface area contributed by atoms with Crippen molar-refractivity contribution in [1.82, 2.24) is 5.32 Å². The number of hydrogen-bond donors (Lipinski definition) is 2. The third-order valence-electron chi connectivity index (χ3n) is 3.64. The number of urea groups is 1. The molecule has 2 aliphatic carbocycles. The van der Waals surface area contributed by atoms with Crippen LogP contribution in [0.25, 0.3) is 0 Å². The maximum atomic E-state index is 11.8. The monoisotopic (exact) mass is 276 g/mol. The first-order chi connectivity index (χ1) is 9.31. The van der Waals surface area contributed by atoms with E-state index in [-0.39, 0.29) is 6.03 Å². The van der Waals surface area contributed by atoms with E-state index in [1.165, 1.54) is 30.6 Å². The van der Waals surface area contributed by atoms with Crippen molar-refractivity contribution in [2.75, 3.05) is 5.32 Å². The van der Waals surface area contributed by atoms with Gasteiger partial charge in [0.15, 0.2) is 0 Å². The summed E-state index contributed by atoms with van der Waals surface area (Å²) in [7, 11) is 0. The van der Waals surface area contributed by atoms with Crippen molar-refractivity contribution in [3.05, 3.63) is 24.3 Å². The van der Waals surface area contributed by atoms with Gasteiger partial charge in [-0.3, -0.25) is 0 Å². The molecule has 0 unspecified atom stereocenters. The van der Waals surface area contributed by atoms with Gasteiger partial charge in [-0.25, -0.2) is 4.79 Å². The Balaban J connectivity index is 1.63. The molecule has 0 bridgehead atoms. The predicted octanol–water partition coefficient (Wildman–Crippen LogP) is 4.01. The zero-order valence-corrected chi connectivity index (χ0v) is 11.8. The van der Waals surface area contributed by atoms with Crippen LogP contribution in [0.2, 0.25) is 0 Å². The molecule has 0 radical (unpaired) electrons. The van der Waals surface area contributed by atoms with Gasteiger partial charge in [-0.1, -0.05) is 25.0 Å². The number of nitrogens with one attached hydrogen (secondary N) is 2. The van der Waals surface area contributed by atoms with Gasteiger partial charge in [0.1, 0.15) is 0 Å². The van der Waals surface area contributed by atoms with Crippen LogP contribution in [-0.2, 0) is 0 Å². The first kappa shape index (κ1) is 12.9. The quantitative estimate of drug-likeness (QED) is 0.872. The topological polar surface area (TPSA) is 41.1 Å². The minimum absolute atomic E-state index is 0.0676. The summed E-state index contributed by atoms with van der Waals surface area (Å²) in [6.45, 7) is 0.